The van der Waals surface area contributed by atoms with Gasteiger partial charge in [0, 0.05) is 12.3 Å². The predicted octanol–water partition coefficient (Wildman–Crippen LogP) is 4.49. The summed E-state index contributed by atoms with van der Waals surface area (Å²) in [6, 6.07) is 7.83. The fraction of sp³-hybridized carbons (Fsp3) is 0.200. The highest BCUT2D eigenvalue weighted by molar-refractivity contribution is 9.10. The third-order valence-electron chi connectivity index (χ3n) is 3.23. The highest BCUT2D eigenvalue weighted by atomic mass is 79.9. The van der Waals surface area contributed by atoms with E-state index >= 15 is 0 Å². The van der Waals surface area contributed by atoms with Crippen LogP contribution < -0.4 is 4.74 Å². The van der Waals surface area contributed by atoms with E-state index in [0.717, 1.165) is 32.8 Å². The highest BCUT2D eigenvalue weighted by Crippen LogP contribution is 2.32. The van der Waals surface area contributed by atoms with E-state index in [0.29, 0.717) is 0 Å². The first-order chi connectivity index (χ1) is 10.1. The second-order valence-electron chi connectivity index (χ2n) is 4.60. The average Bonchev–Trinajstić information content (AvgIpc) is 2.87. The van der Waals surface area contributed by atoms with Crippen LogP contribution in [0, 0.1) is 0 Å². The number of hydrogen-bond acceptors (Lipinski definition) is 3. The van der Waals surface area contributed by atoms with Gasteiger partial charge in [0.05, 0.1) is 34.4 Å². The standard InChI is InChI=1S/C15H13BrClN3O/c1-9(17)15-19-12-8-18-6-5-13(12)20(15)10-3-4-11(16)14(7-10)21-2/h3-9H,1-2H3. The molecule has 0 saturated carbocycles. The number of fused-ring (bicyclic) bond motifs is 1. The quantitative estimate of drug-likeness (QED) is 0.641. The average molecular weight is 367 g/mol. The molecule has 0 aliphatic heterocycles. The second-order valence-corrected chi connectivity index (χ2v) is 6.11. The van der Waals surface area contributed by atoms with E-state index in [-0.39, 0.29) is 5.38 Å². The first-order valence-corrected chi connectivity index (χ1v) is 7.65. The minimum atomic E-state index is -0.216. The lowest BCUT2D eigenvalue weighted by Gasteiger charge is -2.12. The Morgan fingerprint density at radius 1 is 1.33 bits per heavy atom. The van der Waals surface area contributed by atoms with Gasteiger partial charge in [-0.1, -0.05) is 0 Å². The summed E-state index contributed by atoms with van der Waals surface area (Å²) in [6.07, 6.45) is 3.49. The smallest absolute Gasteiger partial charge is 0.135 e. The first-order valence-electron chi connectivity index (χ1n) is 6.42. The zero-order valence-corrected chi connectivity index (χ0v) is 13.9. The Morgan fingerprint density at radius 3 is 2.86 bits per heavy atom. The number of ether oxygens (including phenoxy) is 1. The molecular weight excluding hydrogens is 354 g/mol. The molecule has 108 valence electrons. The molecule has 0 bridgehead atoms. The monoisotopic (exact) mass is 365 g/mol. The van der Waals surface area contributed by atoms with Crippen LogP contribution in [0.4, 0.5) is 0 Å². The van der Waals surface area contributed by atoms with Gasteiger partial charge in [0.25, 0.3) is 0 Å². The first kappa shape index (κ1) is 14.4. The molecule has 0 radical (unpaired) electrons. The Balaban J connectivity index is 2.30. The summed E-state index contributed by atoms with van der Waals surface area (Å²) < 4.78 is 8.30. The largest absolute Gasteiger partial charge is 0.495 e. The molecule has 0 amide bonds. The number of alkyl halides is 1. The normalized spacial score (nSPS) is 12.6. The van der Waals surface area contributed by atoms with Gasteiger partial charge in [0.15, 0.2) is 0 Å². The molecule has 1 unspecified atom stereocenters. The van der Waals surface area contributed by atoms with E-state index in [1.54, 1.807) is 19.5 Å². The number of pyridine rings is 1. The van der Waals surface area contributed by atoms with Crippen molar-refractivity contribution in [3.63, 3.8) is 0 Å². The number of halogens is 2. The van der Waals surface area contributed by atoms with Crippen LogP contribution in [0.1, 0.15) is 18.1 Å². The van der Waals surface area contributed by atoms with E-state index < -0.39 is 0 Å². The van der Waals surface area contributed by atoms with Gasteiger partial charge in [-0.2, -0.15) is 0 Å². The fourth-order valence-electron chi connectivity index (χ4n) is 2.28. The molecule has 1 atom stereocenters. The van der Waals surface area contributed by atoms with Gasteiger partial charge in [-0.25, -0.2) is 4.98 Å². The van der Waals surface area contributed by atoms with Crippen LogP contribution in [0.15, 0.2) is 41.1 Å². The van der Waals surface area contributed by atoms with Crippen LogP contribution in [0.25, 0.3) is 16.7 Å². The molecule has 2 aromatic heterocycles. The maximum atomic E-state index is 6.29. The minimum Gasteiger partial charge on any atom is -0.495 e. The molecular formula is C15H13BrClN3O. The number of imidazole rings is 1. The maximum absolute atomic E-state index is 6.29. The second kappa shape index (κ2) is 5.66. The number of aromatic nitrogens is 3. The number of hydrogen-bond donors (Lipinski definition) is 0. The molecule has 0 aliphatic rings. The minimum absolute atomic E-state index is 0.216. The maximum Gasteiger partial charge on any atom is 0.135 e. The SMILES string of the molecule is COc1cc(-n2c(C(C)Cl)nc3cnccc32)ccc1Br. The summed E-state index contributed by atoms with van der Waals surface area (Å²) in [7, 11) is 1.64. The molecule has 4 nitrogen and oxygen atoms in total. The Morgan fingerprint density at radius 2 is 2.14 bits per heavy atom. The van der Waals surface area contributed by atoms with Crippen molar-refractivity contribution in [1.82, 2.24) is 14.5 Å². The third-order valence-corrected chi connectivity index (χ3v) is 4.08. The third kappa shape index (κ3) is 2.51. The Bertz CT molecular complexity index is 801. The zero-order valence-electron chi connectivity index (χ0n) is 11.5. The van der Waals surface area contributed by atoms with E-state index in [2.05, 4.69) is 25.9 Å². The zero-order chi connectivity index (χ0) is 15.0. The summed E-state index contributed by atoms with van der Waals surface area (Å²) in [6.45, 7) is 1.91. The van der Waals surface area contributed by atoms with Crippen molar-refractivity contribution in [2.45, 2.75) is 12.3 Å². The van der Waals surface area contributed by atoms with Gasteiger partial charge in [-0.3, -0.25) is 9.55 Å². The lowest BCUT2D eigenvalue weighted by molar-refractivity contribution is 0.412. The fourth-order valence-corrected chi connectivity index (χ4v) is 2.83. The van der Waals surface area contributed by atoms with Gasteiger partial charge in [-0.15, -0.1) is 11.6 Å². The molecule has 0 N–H and O–H groups in total. The van der Waals surface area contributed by atoms with Crippen molar-refractivity contribution >= 4 is 38.6 Å². The van der Waals surface area contributed by atoms with E-state index in [4.69, 9.17) is 16.3 Å². The van der Waals surface area contributed by atoms with E-state index in [1.165, 1.54) is 0 Å². The topological polar surface area (TPSA) is 39.9 Å². The molecule has 0 aliphatic carbocycles. The predicted molar refractivity (Wildman–Crippen MR) is 87.4 cm³/mol. The van der Waals surface area contributed by atoms with Gasteiger partial charge in [0.1, 0.15) is 17.1 Å². The summed E-state index contributed by atoms with van der Waals surface area (Å²) >= 11 is 9.76. The lowest BCUT2D eigenvalue weighted by atomic mass is 10.2. The van der Waals surface area contributed by atoms with Gasteiger partial charge >= 0.3 is 0 Å². The lowest BCUT2D eigenvalue weighted by Crippen LogP contribution is -2.02. The molecule has 0 saturated heterocycles. The van der Waals surface area contributed by atoms with Crippen LogP contribution in [-0.2, 0) is 0 Å². The molecule has 21 heavy (non-hydrogen) atoms. The van der Waals surface area contributed by atoms with E-state index in [9.17, 15) is 0 Å². The van der Waals surface area contributed by atoms with Crippen molar-refractivity contribution in [1.29, 1.82) is 0 Å². The Hall–Kier alpha value is -1.59. The summed E-state index contributed by atoms with van der Waals surface area (Å²) in [5, 5.41) is -0.216. The summed E-state index contributed by atoms with van der Waals surface area (Å²) in [5.74, 6) is 1.54. The number of rotatable bonds is 3. The van der Waals surface area contributed by atoms with Gasteiger partial charge in [0.2, 0.25) is 0 Å². The van der Waals surface area contributed by atoms with Gasteiger partial charge in [-0.05, 0) is 41.1 Å². The van der Waals surface area contributed by atoms with Crippen molar-refractivity contribution in [2.75, 3.05) is 7.11 Å². The van der Waals surface area contributed by atoms with Crippen LogP contribution >= 0.6 is 27.5 Å². The van der Waals surface area contributed by atoms with Crippen LogP contribution in [0.3, 0.4) is 0 Å². The van der Waals surface area contributed by atoms with Crippen molar-refractivity contribution < 1.29 is 4.74 Å². The molecule has 1 aromatic carbocycles. The van der Waals surface area contributed by atoms with Gasteiger partial charge < -0.3 is 4.74 Å². The number of methoxy groups -OCH3 is 1. The summed E-state index contributed by atoms with van der Waals surface area (Å²) in [4.78, 5) is 8.70. The summed E-state index contributed by atoms with van der Waals surface area (Å²) in [5.41, 5.74) is 2.74. The van der Waals surface area contributed by atoms with Crippen molar-refractivity contribution in [3.8, 4) is 11.4 Å². The van der Waals surface area contributed by atoms with Crippen LogP contribution in [0.5, 0.6) is 5.75 Å². The van der Waals surface area contributed by atoms with Crippen LogP contribution in [0.2, 0.25) is 0 Å². The van der Waals surface area contributed by atoms with Crippen molar-refractivity contribution in [2.24, 2.45) is 0 Å². The van der Waals surface area contributed by atoms with Crippen LogP contribution in [-0.4, -0.2) is 21.6 Å². The molecule has 2 heterocycles. The van der Waals surface area contributed by atoms with E-state index in [1.807, 2.05) is 35.8 Å². The Labute approximate surface area is 135 Å². The molecule has 3 aromatic rings. The highest BCUT2D eigenvalue weighted by Gasteiger charge is 2.17. The molecule has 0 spiro atoms. The number of benzene rings is 1. The molecule has 6 heteroatoms. The molecule has 0 fully saturated rings. The van der Waals surface area contributed by atoms with Crippen molar-refractivity contribution in [3.05, 3.63) is 47.0 Å². The number of nitrogens with zero attached hydrogens (tertiary/aromatic N) is 3. The Kier molecular flexibility index (Phi) is 3.87. The molecule has 3 rings (SSSR count).